The zero-order valence-electron chi connectivity index (χ0n) is 17.9. The van der Waals surface area contributed by atoms with Crippen molar-refractivity contribution in [1.29, 1.82) is 0 Å². The third kappa shape index (κ3) is 5.59. The van der Waals surface area contributed by atoms with Crippen LogP contribution < -0.4 is 10.2 Å². The first-order valence-corrected chi connectivity index (χ1v) is 10.6. The smallest absolute Gasteiger partial charge is 0.308 e. The number of esters is 1. The largest absolute Gasteiger partial charge is 0.469 e. The van der Waals surface area contributed by atoms with Crippen LogP contribution in [0.1, 0.15) is 25.3 Å². The number of ether oxygens (including phenoxy) is 1. The van der Waals surface area contributed by atoms with Crippen molar-refractivity contribution in [2.75, 3.05) is 64.9 Å². The second-order valence-electron chi connectivity index (χ2n) is 7.63. The van der Waals surface area contributed by atoms with Gasteiger partial charge in [-0.2, -0.15) is 0 Å². The Bertz CT molecular complexity index is 694. The van der Waals surface area contributed by atoms with Crippen LogP contribution in [0.2, 0.25) is 0 Å². The first kappa shape index (κ1) is 21.4. The molecule has 0 amide bonds. The summed E-state index contributed by atoms with van der Waals surface area (Å²) in [5.74, 6) is 1.83. The third-order valence-electron chi connectivity index (χ3n) is 5.94. The number of pyridine rings is 1. The molecule has 1 N–H and O–H groups in total. The Kier molecular flexibility index (Phi) is 7.69. The Hall–Kier alpha value is -2.35. The Morgan fingerprint density at radius 1 is 1.24 bits per heavy atom. The molecule has 0 spiro atoms. The molecule has 0 atom stereocenters. The van der Waals surface area contributed by atoms with E-state index < -0.39 is 0 Å². The maximum absolute atomic E-state index is 11.7. The highest BCUT2D eigenvalue weighted by Gasteiger charge is 2.27. The number of aliphatic imine (C=N–C) groups is 1. The van der Waals surface area contributed by atoms with E-state index in [2.05, 4.69) is 49.0 Å². The van der Waals surface area contributed by atoms with E-state index in [1.54, 1.807) is 7.05 Å². The first-order chi connectivity index (χ1) is 14.1. The summed E-state index contributed by atoms with van der Waals surface area (Å²) < 4.78 is 4.87. The van der Waals surface area contributed by atoms with Gasteiger partial charge in [0.25, 0.3) is 0 Å². The maximum atomic E-state index is 11.7. The second kappa shape index (κ2) is 10.4. The molecule has 2 saturated heterocycles. The minimum absolute atomic E-state index is 0.00490. The molecule has 1 aromatic heterocycles. The van der Waals surface area contributed by atoms with Crippen molar-refractivity contribution in [1.82, 2.24) is 20.1 Å². The lowest BCUT2D eigenvalue weighted by Crippen LogP contribution is -2.46. The number of likely N-dealkylation sites (tertiary alicyclic amines) is 1. The summed E-state index contributed by atoms with van der Waals surface area (Å²) in [7, 11) is 3.27. The number of methoxy groups -OCH3 is 1. The number of nitrogens with zero attached hydrogens (tertiary/aromatic N) is 5. The van der Waals surface area contributed by atoms with Gasteiger partial charge >= 0.3 is 5.97 Å². The fourth-order valence-corrected chi connectivity index (χ4v) is 4.04. The minimum Gasteiger partial charge on any atom is -0.469 e. The Labute approximate surface area is 173 Å². The number of hydrogen-bond acceptors (Lipinski definition) is 6. The minimum atomic E-state index is -0.100. The molecule has 2 aliphatic rings. The predicted octanol–water partition coefficient (Wildman–Crippen LogP) is 1.18. The summed E-state index contributed by atoms with van der Waals surface area (Å²) in [5.41, 5.74) is 1.19. The van der Waals surface area contributed by atoms with E-state index in [-0.39, 0.29) is 11.9 Å². The lowest BCUT2D eigenvalue weighted by molar-refractivity contribution is -0.146. The van der Waals surface area contributed by atoms with Gasteiger partial charge in [0.15, 0.2) is 5.96 Å². The van der Waals surface area contributed by atoms with Crippen molar-refractivity contribution < 1.29 is 9.53 Å². The number of guanidine groups is 1. The van der Waals surface area contributed by atoms with Gasteiger partial charge in [-0.3, -0.25) is 9.79 Å². The van der Waals surface area contributed by atoms with Gasteiger partial charge < -0.3 is 24.8 Å². The average molecular weight is 403 g/mol. The molecule has 0 aromatic carbocycles. The van der Waals surface area contributed by atoms with Crippen LogP contribution in [0.3, 0.4) is 0 Å². The first-order valence-electron chi connectivity index (χ1n) is 10.6. The van der Waals surface area contributed by atoms with Crippen molar-refractivity contribution >= 4 is 17.7 Å². The van der Waals surface area contributed by atoms with E-state index in [0.717, 1.165) is 70.4 Å². The molecule has 29 heavy (non-hydrogen) atoms. The van der Waals surface area contributed by atoms with E-state index in [4.69, 9.17) is 4.74 Å². The molecule has 3 heterocycles. The van der Waals surface area contributed by atoms with Crippen LogP contribution in [0.5, 0.6) is 0 Å². The Balaban J connectivity index is 1.52. The lowest BCUT2D eigenvalue weighted by atomic mass is 9.97. The number of carbonyl (C=O) groups excluding carboxylic acids is 1. The normalized spacial score (nSPS) is 19.3. The Morgan fingerprint density at radius 3 is 2.59 bits per heavy atom. The van der Waals surface area contributed by atoms with E-state index in [0.29, 0.717) is 6.54 Å². The SMILES string of the molecule is CCN1CCN(c2cc(CNC(=NC)N3CCC(C(=O)OC)CC3)ccn2)CC1. The highest BCUT2D eigenvalue weighted by Crippen LogP contribution is 2.19. The van der Waals surface area contributed by atoms with Gasteiger partial charge in [-0.1, -0.05) is 6.92 Å². The van der Waals surface area contributed by atoms with Crippen molar-refractivity contribution in [2.24, 2.45) is 10.9 Å². The fraction of sp³-hybridized carbons (Fsp3) is 0.667. The summed E-state index contributed by atoms with van der Waals surface area (Å²) in [6.45, 7) is 9.87. The zero-order valence-corrected chi connectivity index (χ0v) is 17.9. The van der Waals surface area contributed by atoms with Crippen molar-refractivity contribution in [2.45, 2.75) is 26.3 Å². The van der Waals surface area contributed by atoms with Crippen molar-refractivity contribution in [3.8, 4) is 0 Å². The summed E-state index contributed by atoms with van der Waals surface area (Å²) in [6.07, 6.45) is 3.50. The summed E-state index contributed by atoms with van der Waals surface area (Å²) in [5, 5.41) is 3.47. The lowest BCUT2D eigenvalue weighted by Gasteiger charge is -2.35. The quantitative estimate of drug-likeness (QED) is 0.450. The van der Waals surface area contributed by atoms with Crippen LogP contribution in [0.25, 0.3) is 0 Å². The van der Waals surface area contributed by atoms with Gasteiger partial charge in [0, 0.05) is 59.1 Å². The van der Waals surface area contributed by atoms with Gasteiger partial charge in [-0.25, -0.2) is 4.98 Å². The number of nitrogens with one attached hydrogen (secondary N) is 1. The highest BCUT2D eigenvalue weighted by atomic mass is 16.5. The number of likely N-dealkylation sites (N-methyl/N-ethyl adjacent to an activating group) is 1. The molecule has 8 heteroatoms. The zero-order chi connectivity index (χ0) is 20.6. The van der Waals surface area contributed by atoms with Gasteiger partial charge in [0.2, 0.25) is 0 Å². The number of hydrogen-bond donors (Lipinski definition) is 1. The number of piperazine rings is 1. The second-order valence-corrected chi connectivity index (χ2v) is 7.63. The fourth-order valence-electron chi connectivity index (χ4n) is 4.04. The van der Waals surface area contributed by atoms with Crippen LogP contribution >= 0.6 is 0 Å². The van der Waals surface area contributed by atoms with Gasteiger partial charge in [0.1, 0.15) is 5.82 Å². The number of carbonyl (C=O) groups is 1. The van der Waals surface area contributed by atoms with Crippen LogP contribution in [-0.2, 0) is 16.1 Å². The maximum Gasteiger partial charge on any atom is 0.308 e. The molecule has 0 radical (unpaired) electrons. The van der Waals surface area contributed by atoms with E-state index in [1.807, 2.05) is 6.20 Å². The molecule has 0 aliphatic carbocycles. The molecule has 2 aliphatic heterocycles. The van der Waals surface area contributed by atoms with Crippen LogP contribution in [0.15, 0.2) is 23.3 Å². The molecular formula is C21H34N6O2. The van der Waals surface area contributed by atoms with Crippen molar-refractivity contribution in [3.63, 3.8) is 0 Å². The number of rotatable bonds is 5. The molecule has 3 rings (SSSR count). The molecular weight excluding hydrogens is 368 g/mol. The monoisotopic (exact) mass is 402 g/mol. The predicted molar refractivity (Wildman–Crippen MR) is 115 cm³/mol. The van der Waals surface area contributed by atoms with Gasteiger partial charge in [0.05, 0.1) is 13.0 Å². The van der Waals surface area contributed by atoms with Gasteiger partial charge in [-0.15, -0.1) is 0 Å². The average Bonchev–Trinajstić information content (AvgIpc) is 2.79. The topological polar surface area (TPSA) is 73.3 Å². The molecule has 0 saturated carbocycles. The summed E-state index contributed by atoms with van der Waals surface area (Å²) >= 11 is 0. The van der Waals surface area contributed by atoms with E-state index in [1.165, 1.54) is 12.7 Å². The number of aromatic nitrogens is 1. The molecule has 2 fully saturated rings. The third-order valence-corrected chi connectivity index (χ3v) is 5.94. The summed E-state index contributed by atoms with van der Waals surface area (Å²) in [4.78, 5) is 27.8. The van der Waals surface area contributed by atoms with Crippen LogP contribution in [-0.4, -0.2) is 86.7 Å². The molecule has 1 aromatic rings. The molecule has 0 unspecified atom stereocenters. The van der Waals surface area contributed by atoms with E-state index in [9.17, 15) is 4.79 Å². The molecule has 8 nitrogen and oxygen atoms in total. The standard InChI is InChI=1S/C21H34N6O2/c1-4-25-11-13-26(14-12-25)19-15-17(5-8-23-19)16-24-21(22-2)27-9-6-18(7-10-27)20(28)29-3/h5,8,15,18H,4,6-7,9-14,16H2,1-3H3,(H,22,24). The van der Waals surface area contributed by atoms with Crippen LogP contribution in [0, 0.1) is 5.92 Å². The summed E-state index contributed by atoms with van der Waals surface area (Å²) in [6, 6.07) is 4.22. The highest BCUT2D eigenvalue weighted by molar-refractivity contribution is 5.80. The number of piperidine rings is 1. The Morgan fingerprint density at radius 2 is 1.97 bits per heavy atom. The number of anilines is 1. The van der Waals surface area contributed by atoms with E-state index >= 15 is 0 Å². The van der Waals surface area contributed by atoms with Gasteiger partial charge in [-0.05, 0) is 37.1 Å². The van der Waals surface area contributed by atoms with Crippen molar-refractivity contribution in [3.05, 3.63) is 23.9 Å². The van der Waals surface area contributed by atoms with Crippen LogP contribution in [0.4, 0.5) is 5.82 Å². The molecule has 160 valence electrons. The molecule has 0 bridgehead atoms.